The fourth-order valence-corrected chi connectivity index (χ4v) is 1.66. The van der Waals surface area contributed by atoms with Crippen molar-refractivity contribution in [3.05, 3.63) is 23.8 Å². The highest BCUT2D eigenvalue weighted by molar-refractivity contribution is 6.16. The summed E-state index contributed by atoms with van der Waals surface area (Å²) < 4.78 is 5.25. The van der Waals surface area contributed by atoms with E-state index in [0.717, 1.165) is 10.5 Å². The molecule has 0 saturated heterocycles. The van der Waals surface area contributed by atoms with Gasteiger partial charge in [-0.2, -0.15) is 0 Å². The average Bonchev–Trinajstić information content (AvgIpc) is 2.37. The zero-order valence-corrected chi connectivity index (χ0v) is 9.40. The van der Waals surface area contributed by atoms with Crippen LogP contribution in [0.5, 0.6) is 5.75 Å². The van der Waals surface area contributed by atoms with Gasteiger partial charge >= 0.3 is 6.03 Å². The SMILES string of the molecule is CNC(=O)N1C(=O)COc2ccc(CN)cc21. The number of amides is 3. The van der Waals surface area contributed by atoms with E-state index >= 15 is 0 Å². The fourth-order valence-electron chi connectivity index (χ4n) is 1.66. The Morgan fingerprint density at radius 2 is 2.35 bits per heavy atom. The molecule has 0 aromatic heterocycles. The number of fused-ring (bicyclic) bond motifs is 1. The van der Waals surface area contributed by atoms with Gasteiger partial charge in [0.05, 0.1) is 5.69 Å². The molecule has 1 aromatic rings. The summed E-state index contributed by atoms with van der Waals surface area (Å²) in [5.41, 5.74) is 6.79. The van der Waals surface area contributed by atoms with Crippen molar-refractivity contribution in [1.82, 2.24) is 5.32 Å². The standard InChI is InChI=1S/C11H13N3O3/c1-13-11(16)14-8-4-7(5-12)2-3-9(8)17-6-10(14)15/h2-4H,5-6,12H2,1H3,(H,13,16). The quantitative estimate of drug-likeness (QED) is 0.728. The van der Waals surface area contributed by atoms with Crippen molar-refractivity contribution < 1.29 is 14.3 Å². The zero-order valence-electron chi connectivity index (χ0n) is 9.40. The second-order valence-electron chi connectivity index (χ2n) is 3.58. The molecule has 0 unspecified atom stereocenters. The van der Waals surface area contributed by atoms with Crippen molar-refractivity contribution in [3.63, 3.8) is 0 Å². The van der Waals surface area contributed by atoms with Crippen LogP contribution in [0.4, 0.5) is 10.5 Å². The van der Waals surface area contributed by atoms with Crippen LogP contribution in [-0.4, -0.2) is 25.6 Å². The molecule has 90 valence electrons. The summed E-state index contributed by atoms with van der Waals surface area (Å²) in [4.78, 5) is 24.4. The molecule has 0 saturated carbocycles. The monoisotopic (exact) mass is 235 g/mol. The molecule has 0 spiro atoms. The fraction of sp³-hybridized carbons (Fsp3) is 0.273. The van der Waals surface area contributed by atoms with E-state index < -0.39 is 11.9 Å². The molecular formula is C11H13N3O3. The predicted octanol–water partition coefficient (Wildman–Crippen LogP) is 0.210. The normalized spacial score (nSPS) is 14.0. The van der Waals surface area contributed by atoms with E-state index in [-0.39, 0.29) is 6.61 Å². The highest BCUT2D eigenvalue weighted by Crippen LogP contribution is 2.32. The van der Waals surface area contributed by atoms with Crippen LogP contribution in [0, 0.1) is 0 Å². The molecule has 0 bridgehead atoms. The highest BCUT2D eigenvalue weighted by Gasteiger charge is 2.30. The van der Waals surface area contributed by atoms with Crippen LogP contribution in [0.1, 0.15) is 5.56 Å². The van der Waals surface area contributed by atoms with E-state index in [4.69, 9.17) is 10.5 Å². The van der Waals surface area contributed by atoms with Crippen LogP contribution in [0.15, 0.2) is 18.2 Å². The van der Waals surface area contributed by atoms with E-state index in [0.29, 0.717) is 18.0 Å². The van der Waals surface area contributed by atoms with Gasteiger partial charge in [-0.25, -0.2) is 9.69 Å². The Bertz CT molecular complexity index is 473. The first-order valence-electron chi connectivity index (χ1n) is 5.18. The molecule has 3 amide bonds. The van der Waals surface area contributed by atoms with Crippen LogP contribution in [0.3, 0.4) is 0 Å². The van der Waals surface area contributed by atoms with Gasteiger partial charge in [0.25, 0.3) is 5.91 Å². The molecule has 1 aliphatic rings. The number of carbonyl (C=O) groups is 2. The van der Waals surface area contributed by atoms with E-state index in [1.807, 2.05) is 0 Å². The number of urea groups is 1. The molecule has 1 aromatic carbocycles. The van der Waals surface area contributed by atoms with Gasteiger partial charge in [-0.05, 0) is 17.7 Å². The Morgan fingerprint density at radius 1 is 1.59 bits per heavy atom. The maximum absolute atomic E-state index is 11.7. The van der Waals surface area contributed by atoms with Crippen molar-refractivity contribution in [2.24, 2.45) is 5.73 Å². The molecule has 2 rings (SSSR count). The lowest BCUT2D eigenvalue weighted by Gasteiger charge is -2.27. The zero-order chi connectivity index (χ0) is 12.4. The molecule has 6 nitrogen and oxygen atoms in total. The number of benzene rings is 1. The van der Waals surface area contributed by atoms with Crippen LogP contribution in [0.25, 0.3) is 0 Å². The Labute approximate surface area is 98.3 Å². The molecule has 0 fully saturated rings. The number of hydrogen-bond donors (Lipinski definition) is 2. The topological polar surface area (TPSA) is 84.7 Å². The Morgan fingerprint density at radius 3 is 3.00 bits per heavy atom. The van der Waals surface area contributed by atoms with Gasteiger partial charge in [0.2, 0.25) is 0 Å². The minimum atomic E-state index is -0.478. The van der Waals surface area contributed by atoms with Gasteiger partial charge in [-0.15, -0.1) is 0 Å². The first-order chi connectivity index (χ1) is 8.17. The summed E-state index contributed by atoms with van der Waals surface area (Å²) >= 11 is 0. The highest BCUT2D eigenvalue weighted by atomic mass is 16.5. The number of hydrogen-bond acceptors (Lipinski definition) is 4. The second-order valence-corrected chi connectivity index (χ2v) is 3.58. The Balaban J connectivity index is 2.48. The van der Waals surface area contributed by atoms with Crippen LogP contribution in [-0.2, 0) is 11.3 Å². The summed E-state index contributed by atoms with van der Waals surface area (Å²) in [6, 6.07) is 4.71. The van der Waals surface area contributed by atoms with Crippen LogP contribution in [0.2, 0.25) is 0 Å². The molecule has 1 heterocycles. The van der Waals surface area contributed by atoms with Gasteiger partial charge in [-0.1, -0.05) is 6.07 Å². The molecule has 0 atom stereocenters. The molecule has 6 heteroatoms. The van der Waals surface area contributed by atoms with E-state index in [9.17, 15) is 9.59 Å². The maximum atomic E-state index is 11.7. The minimum absolute atomic E-state index is 0.137. The average molecular weight is 235 g/mol. The molecular weight excluding hydrogens is 222 g/mol. The van der Waals surface area contributed by atoms with E-state index in [1.165, 1.54) is 7.05 Å². The van der Waals surface area contributed by atoms with Gasteiger partial charge in [0.15, 0.2) is 6.61 Å². The third kappa shape index (κ3) is 1.94. The van der Waals surface area contributed by atoms with Crippen molar-refractivity contribution in [1.29, 1.82) is 0 Å². The lowest BCUT2D eigenvalue weighted by Crippen LogP contribution is -2.47. The van der Waals surface area contributed by atoms with Gasteiger partial charge in [0.1, 0.15) is 5.75 Å². The molecule has 1 aliphatic heterocycles. The van der Waals surface area contributed by atoms with Crippen molar-refractivity contribution in [3.8, 4) is 5.75 Å². The summed E-state index contributed by atoms with van der Waals surface area (Å²) in [6.07, 6.45) is 0. The minimum Gasteiger partial charge on any atom is -0.482 e. The smallest absolute Gasteiger partial charge is 0.328 e. The first-order valence-corrected chi connectivity index (χ1v) is 5.18. The van der Waals surface area contributed by atoms with Gasteiger partial charge in [0, 0.05) is 13.6 Å². The first kappa shape index (κ1) is 11.4. The van der Waals surface area contributed by atoms with Crippen LogP contribution < -0.4 is 20.7 Å². The van der Waals surface area contributed by atoms with Crippen molar-refractivity contribution in [2.75, 3.05) is 18.6 Å². The summed E-state index contributed by atoms with van der Waals surface area (Å²) in [5.74, 6) is 0.108. The third-order valence-corrected chi connectivity index (χ3v) is 2.52. The predicted molar refractivity (Wildman–Crippen MR) is 61.8 cm³/mol. The molecule has 17 heavy (non-hydrogen) atoms. The second kappa shape index (κ2) is 4.42. The van der Waals surface area contributed by atoms with Crippen LogP contribution >= 0.6 is 0 Å². The lowest BCUT2D eigenvalue weighted by molar-refractivity contribution is -0.120. The summed E-state index contributed by atoms with van der Waals surface area (Å²) in [5, 5.41) is 2.42. The number of anilines is 1. The van der Waals surface area contributed by atoms with Crippen molar-refractivity contribution in [2.45, 2.75) is 6.54 Å². The molecule has 0 radical (unpaired) electrons. The molecule has 3 N–H and O–H groups in total. The number of nitrogens with one attached hydrogen (secondary N) is 1. The number of nitrogens with zero attached hydrogens (tertiary/aromatic N) is 1. The Kier molecular flexibility index (Phi) is 2.97. The van der Waals surface area contributed by atoms with E-state index in [1.54, 1.807) is 18.2 Å². The van der Waals surface area contributed by atoms with E-state index in [2.05, 4.69) is 5.32 Å². The van der Waals surface area contributed by atoms with Crippen molar-refractivity contribution >= 4 is 17.6 Å². The number of carbonyl (C=O) groups excluding carboxylic acids is 2. The molecule has 0 aliphatic carbocycles. The summed E-state index contributed by atoms with van der Waals surface area (Å²) in [6.45, 7) is 0.200. The van der Waals surface area contributed by atoms with Gasteiger partial charge in [-0.3, -0.25) is 4.79 Å². The number of ether oxygens (including phenoxy) is 1. The summed E-state index contributed by atoms with van der Waals surface area (Å²) in [7, 11) is 1.47. The third-order valence-electron chi connectivity index (χ3n) is 2.52. The number of imide groups is 1. The number of nitrogens with two attached hydrogens (primary N) is 1. The lowest BCUT2D eigenvalue weighted by atomic mass is 10.1. The van der Waals surface area contributed by atoms with Gasteiger partial charge < -0.3 is 15.8 Å². The maximum Gasteiger partial charge on any atom is 0.328 e. The Hall–Kier alpha value is -2.08. The number of rotatable bonds is 1. The largest absolute Gasteiger partial charge is 0.482 e.